The third kappa shape index (κ3) is 3.34. The minimum absolute atomic E-state index is 0.199. The minimum atomic E-state index is -0.246. The molecule has 1 rings (SSSR count). The van der Waals surface area contributed by atoms with Gasteiger partial charge in [-0.2, -0.15) is 10.5 Å². The summed E-state index contributed by atoms with van der Waals surface area (Å²) in [6.07, 6.45) is 0.509. The Balaban J connectivity index is 2.13. The molecule has 64 valence electrons. The normalized spacial score (nSPS) is 20.1. The molecule has 0 aliphatic carbocycles. The van der Waals surface area contributed by atoms with Crippen molar-refractivity contribution in [1.29, 1.82) is 10.5 Å². The molecule has 4 nitrogen and oxygen atoms in total. The highest BCUT2D eigenvalue weighted by atomic mass is 16.6. The van der Waals surface area contributed by atoms with Crippen LogP contribution in [0.25, 0.3) is 0 Å². The number of nitriles is 2. The van der Waals surface area contributed by atoms with E-state index in [-0.39, 0.29) is 25.0 Å². The monoisotopic (exact) mass is 166 g/mol. The van der Waals surface area contributed by atoms with Crippen LogP contribution in [0.2, 0.25) is 0 Å². The molecule has 12 heavy (non-hydrogen) atoms. The third-order valence-electron chi connectivity index (χ3n) is 1.56. The van der Waals surface area contributed by atoms with Crippen LogP contribution < -0.4 is 0 Å². The van der Waals surface area contributed by atoms with Gasteiger partial charge in [-0.15, -0.1) is 0 Å². The summed E-state index contributed by atoms with van der Waals surface area (Å²) in [4.78, 5) is 0. The summed E-state index contributed by atoms with van der Waals surface area (Å²) in [5, 5.41) is 16.7. The highest BCUT2D eigenvalue weighted by molar-refractivity contribution is 4.84. The number of rotatable bonds is 5. The van der Waals surface area contributed by atoms with Gasteiger partial charge in [0.2, 0.25) is 0 Å². The van der Waals surface area contributed by atoms with Crippen molar-refractivity contribution in [2.45, 2.75) is 25.0 Å². The van der Waals surface area contributed by atoms with E-state index >= 15 is 0 Å². The van der Waals surface area contributed by atoms with E-state index in [1.165, 1.54) is 0 Å². The minimum Gasteiger partial charge on any atom is -0.373 e. The summed E-state index contributed by atoms with van der Waals surface area (Å²) >= 11 is 0. The Morgan fingerprint density at radius 2 is 2.00 bits per heavy atom. The molecule has 0 saturated carbocycles. The molecule has 0 radical (unpaired) electrons. The summed E-state index contributed by atoms with van der Waals surface area (Å²) in [5.41, 5.74) is 0. The molecule has 1 aliphatic heterocycles. The van der Waals surface area contributed by atoms with E-state index in [0.29, 0.717) is 6.61 Å². The van der Waals surface area contributed by atoms with Crippen LogP contribution in [0, 0.1) is 22.7 Å². The first-order valence-electron chi connectivity index (χ1n) is 3.84. The molecule has 0 N–H and O–H groups in total. The van der Waals surface area contributed by atoms with Crippen LogP contribution in [0.1, 0.15) is 12.8 Å². The molecule has 0 amide bonds. The largest absolute Gasteiger partial charge is 0.373 e. The van der Waals surface area contributed by atoms with Crippen molar-refractivity contribution in [1.82, 2.24) is 0 Å². The zero-order valence-corrected chi connectivity index (χ0v) is 6.69. The van der Waals surface area contributed by atoms with Crippen LogP contribution >= 0.6 is 0 Å². The van der Waals surface area contributed by atoms with Crippen molar-refractivity contribution < 1.29 is 9.47 Å². The van der Waals surface area contributed by atoms with Gasteiger partial charge in [0, 0.05) is 0 Å². The van der Waals surface area contributed by atoms with Crippen LogP contribution in [0.3, 0.4) is 0 Å². The number of epoxide rings is 1. The van der Waals surface area contributed by atoms with Gasteiger partial charge in [-0.25, -0.2) is 0 Å². The maximum Gasteiger partial charge on any atom is 0.104 e. The first kappa shape index (κ1) is 8.99. The van der Waals surface area contributed by atoms with Gasteiger partial charge in [-0.05, 0) is 0 Å². The molecule has 1 fully saturated rings. The molecule has 0 aromatic rings. The van der Waals surface area contributed by atoms with Crippen molar-refractivity contribution in [2.75, 3.05) is 13.2 Å². The van der Waals surface area contributed by atoms with Crippen LogP contribution in [-0.2, 0) is 9.47 Å². The Bertz CT molecular complexity index is 196. The lowest BCUT2D eigenvalue weighted by Gasteiger charge is -2.09. The van der Waals surface area contributed by atoms with Gasteiger partial charge in [0.05, 0.1) is 44.3 Å². The van der Waals surface area contributed by atoms with Crippen LogP contribution in [-0.4, -0.2) is 25.4 Å². The summed E-state index contributed by atoms with van der Waals surface area (Å²) in [6, 6.07) is 3.96. The van der Waals surface area contributed by atoms with Crippen molar-refractivity contribution in [3.63, 3.8) is 0 Å². The Labute approximate surface area is 71.3 Å². The van der Waals surface area contributed by atoms with E-state index in [9.17, 15) is 0 Å². The molecule has 0 aromatic heterocycles. The second-order valence-corrected chi connectivity index (χ2v) is 2.64. The molecule has 4 heteroatoms. The Kier molecular flexibility index (Phi) is 3.53. The van der Waals surface area contributed by atoms with Gasteiger partial charge in [0.15, 0.2) is 0 Å². The van der Waals surface area contributed by atoms with Crippen molar-refractivity contribution in [3.8, 4) is 12.1 Å². The predicted molar refractivity (Wildman–Crippen MR) is 39.9 cm³/mol. The molecule has 0 spiro atoms. The number of ether oxygens (including phenoxy) is 2. The van der Waals surface area contributed by atoms with Crippen LogP contribution in [0.15, 0.2) is 0 Å². The van der Waals surface area contributed by atoms with Gasteiger partial charge >= 0.3 is 0 Å². The molecular weight excluding hydrogens is 156 g/mol. The van der Waals surface area contributed by atoms with Gasteiger partial charge < -0.3 is 9.47 Å². The van der Waals surface area contributed by atoms with E-state index in [1.54, 1.807) is 0 Å². The fraction of sp³-hybridized carbons (Fsp3) is 0.750. The Morgan fingerprint density at radius 3 is 2.42 bits per heavy atom. The molecule has 1 unspecified atom stereocenters. The summed E-state index contributed by atoms with van der Waals surface area (Å²) in [7, 11) is 0. The lowest BCUT2D eigenvalue weighted by molar-refractivity contribution is 0.0486. The number of nitrogens with zero attached hydrogens (tertiary/aromatic N) is 2. The van der Waals surface area contributed by atoms with Gasteiger partial charge in [-0.1, -0.05) is 0 Å². The molecule has 0 bridgehead atoms. The maximum absolute atomic E-state index is 8.37. The molecule has 1 aliphatic rings. The number of hydrogen-bond donors (Lipinski definition) is 0. The smallest absolute Gasteiger partial charge is 0.104 e. The molecule has 1 atom stereocenters. The Morgan fingerprint density at radius 1 is 1.42 bits per heavy atom. The van der Waals surface area contributed by atoms with E-state index < -0.39 is 0 Å². The lowest BCUT2D eigenvalue weighted by Crippen LogP contribution is -2.15. The first-order chi connectivity index (χ1) is 5.86. The topological polar surface area (TPSA) is 69.3 Å². The first-order valence-corrected chi connectivity index (χ1v) is 3.84. The summed E-state index contributed by atoms with van der Waals surface area (Å²) < 4.78 is 10.2. The van der Waals surface area contributed by atoms with Crippen molar-refractivity contribution in [3.05, 3.63) is 0 Å². The predicted octanol–water partition coefficient (Wildman–Crippen LogP) is 0.598. The third-order valence-corrected chi connectivity index (χ3v) is 1.56. The molecule has 1 saturated heterocycles. The highest BCUT2D eigenvalue weighted by Gasteiger charge is 2.24. The van der Waals surface area contributed by atoms with Crippen molar-refractivity contribution >= 4 is 0 Å². The van der Waals surface area contributed by atoms with Crippen LogP contribution in [0.4, 0.5) is 0 Å². The standard InChI is InChI=1S/C8H10N2O2/c9-3-1-7(2-4-10)11-5-8-6-12-8/h7-8H,1-2,5-6H2. The summed E-state index contributed by atoms with van der Waals surface area (Å²) in [5.74, 6) is 0. The second kappa shape index (κ2) is 4.71. The van der Waals surface area contributed by atoms with Crippen LogP contribution in [0.5, 0.6) is 0 Å². The van der Waals surface area contributed by atoms with E-state index in [0.717, 1.165) is 6.61 Å². The van der Waals surface area contributed by atoms with E-state index in [1.807, 2.05) is 12.1 Å². The van der Waals surface area contributed by atoms with Gasteiger partial charge in [0.25, 0.3) is 0 Å². The maximum atomic E-state index is 8.37. The molecule has 1 heterocycles. The zero-order chi connectivity index (χ0) is 8.81. The van der Waals surface area contributed by atoms with E-state index in [4.69, 9.17) is 20.0 Å². The average Bonchev–Trinajstić information content (AvgIpc) is 2.84. The Hall–Kier alpha value is -1.10. The molecular formula is C8H10N2O2. The summed E-state index contributed by atoms with van der Waals surface area (Å²) in [6.45, 7) is 1.25. The number of hydrogen-bond acceptors (Lipinski definition) is 4. The lowest BCUT2D eigenvalue weighted by atomic mass is 10.2. The van der Waals surface area contributed by atoms with Crippen molar-refractivity contribution in [2.24, 2.45) is 0 Å². The quantitative estimate of drug-likeness (QED) is 0.561. The fourth-order valence-electron chi connectivity index (χ4n) is 0.801. The highest BCUT2D eigenvalue weighted by Crippen LogP contribution is 2.12. The fourth-order valence-corrected chi connectivity index (χ4v) is 0.801. The zero-order valence-electron chi connectivity index (χ0n) is 6.69. The average molecular weight is 166 g/mol. The molecule has 0 aromatic carbocycles. The second-order valence-electron chi connectivity index (χ2n) is 2.64. The van der Waals surface area contributed by atoms with Gasteiger partial charge in [0.1, 0.15) is 6.10 Å². The van der Waals surface area contributed by atoms with E-state index in [2.05, 4.69) is 0 Å². The van der Waals surface area contributed by atoms with Gasteiger partial charge in [-0.3, -0.25) is 0 Å². The SMILES string of the molecule is N#CCC(CC#N)OCC1CO1.